The Morgan fingerprint density at radius 3 is 2.22 bits per heavy atom. The minimum absolute atomic E-state index is 0.205. The van der Waals surface area contributed by atoms with Crippen LogP contribution >= 0.6 is 0 Å². The van der Waals surface area contributed by atoms with Crippen molar-refractivity contribution in [2.24, 2.45) is 0 Å². The Bertz CT molecular complexity index is 603. The minimum atomic E-state index is -2.87. The fourth-order valence-corrected chi connectivity index (χ4v) is 6.11. The van der Waals surface area contributed by atoms with Crippen molar-refractivity contribution in [3.05, 3.63) is 35.9 Å². The molecule has 0 radical (unpaired) electrons. The molecule has 2 atom stereocenters. The molecule has 0 aliphatic carbocycles. The van der Waals surface area contributed by atoms with E-state index in [1.807, 2.05) is 6.07 Å². The van der Waals surface area contributed by atoms with Gasteiger partial charge in [-0.3, -0.25) is 9.80 Å². The summed E-state index contributed by atoms with van der Waals surface area (Å²) in [6.07, 6.45) is 3.26. The number of rotatable bonds is 6. The number of nitrogens with zero attached hydrogens (tertiary/aromatic N) is 2. The third kappa shape index (κ3) is 4.14. The van der Waals surface area contributed by atoms with Gasteiger partial charge in [-0.05, 0) is 37.9 Å². The molecule has 0 aromatic heterocycles. The first kappa shape index (κ1) is 16.9. The van der Waals surface area contributed by atoms with Gasteiger partial charge in [0.2, 0.25) is 0 Å². The fraction of sp³-hybridized carbons (Fsp3) is 0.667. The molecule has 2 aliphatic heterocycles. The predicted octanol–water partition coefficient (Wildman–Crippen LogP) is 1.81. The summed E-state index contributed by atoms with van der Waals surface area (Å²) in [6.45, 7) is 6.21. The van der Waals surface area contributed by atoms with Crippen LogP contribution in [0.5, 0.6) is 0 Å². The van der Waals surface area contributed by atoms with Crippen molar-refractivity contribution in [2.45, 2.75) is 38.3 Å². The lowest BCUT2D eigenvalue weighted by Crippen LogP contribution is -2.59. The number of benzene rings is 1. The van der Waals surface area contributed by atoms with Crippen molar-refractivity contribution < 1.29 is 8.42 Å². The van der Waals surface area contributed by atoms with Crippen molar-refractivity contribution in [1.82, 2.24) is 9.80 Å². The van der Waals surface area contributed by atoms with E-state index in [2.05, 4.69) is 41.0 Å². The highest BCUT2D eigenvalue weighted by molar-refractivity contribution is 7.91. The molecule has 0 spiro atoms. The normalized spacial score (nSPS) is 27.9. The monoisotopic (exact) mass is 336 g/mol. The maximum atomic E-state index is 12.1. The van der Waals surface area contributed by atoms with Crippen LogP contribution in [0.2, 0.25) is 0 Å². The van der Waals surface area contributed by atoms with Crippen LogP contribution < -0.4 is 0 Å². The van der Waals surface area contributed by atoms with Gasteiger partial charge < -0.3 is 0 Å². The van der Waals surface area contributed by atoms with Crippen LogP contribution in [0.3, 0.4) is 0 Å². The Kier molecular flexibility index (Phi) is 5.39. The Morgan fingerprint density at radius 2 is 1.61 bits per heavy atom. The molecule has 0 N–H and O–H groups in total. The molecule has 2 aliphatic rings. The number of piperazine rings is 1. The average molecular weight is 337 g/mol. The summed E-state index contributed by atoms with van der Waals surface area (Å²) < 4.78 is 24.3. The minimum Gasteiger partial charge on any atom is -0.297 e. The third-order valence-electron chi connectivity index (χ3n) is 5.17. The molecule has 0 saturated carbocycles. The predicted molar refractivity (Wildman–Crippen MR) is 94.4 cm³/mol. The van der Waals surface area contributed by atoms with Crippen molar-refractivity contribution >= 4 is 9.84 Å². The van der Waals surface area contributed by atoms with Crippen LogP contribution in [0.25, 0.3) is 0 Å². The molecule has 4 nitrogen and oxygen atoms in total. The van der Waals surface area contributed by atoms with E-state index in [-0.39, 0.29) is 12.1 Å². The number of hydrogen-bond acceptors (Lipinski definition) is 4. The van der Waals surface area contributed by atoms with Gasteiger partial charge in [-0.2, -0.15) is 0 Å². The van der Waals surface area contributed by atoms with Crippen molar-refractivity contribution in [3.8, 4) is 0 Å². The number of aryl methyl sites for hydroxylation is 1. The second kappa shape index (κ2) is 7.32. The highest BCUT2D eigenvalue weighted by Crippen LogP contribution is 2.27. The molecule has 3 rings (SSSR count). The molecule has 5 heteroatoms. The van der Waals surface area contributed by atoms with E-state index in [4.69, 9.17) is 0 Å². The molecule has 1 aromatic carbocycles. The summed E-state index contributed by atoms with van der Waals surface area (Å²) in [5, 5.41) is 0. The Balaban J connectivity index is 1.59. The molecule has 0 bridgehead atoms. The van der Waals surface area contributed by atoms with E-state index >= 15 is 0 Å². The number of fused-ring (bicyclic) bond motifs is 1. The topological polar surface area (TPSA) is 40.6 Å². The SMILES string of the molecule is CCCN1CCN(CCCc2ccccc2)[C@H]2CS(=O)(=O)C[C@H]21. The lowest BCUT2D eigenvalue weighted by atomic mass is 10.0. The van der Waals surface area contributed by atoms with E-state index in [9.17, 15) is 8.42 Å². The second-order valence-electron chi connectivity index (χ2n) is 6.87. The Hall–Kier alpha value is -0.910. The first-order chi connectivity index (χ1) is 11.1. The fourth-order valence-electron chi connectivity index (χ4n) is 4.07. The van der Waals surface area contributed by atoms with Gasteiger partial charge in [-0.25, -0.2) is 8.42 Å². The average Bonchev–Trinajstić information content (AvgIpc) is 2.86. The molecule has 128 valence electrons. The summed E-state index contributed by atoms with van der Waals surface area (Å²) in [4.78, 5) is 4.84. The maximum Gasteiger partial charge on any atom is 0.153 e. The molecule has 2 fully saturated rings. The number of hydrogen-bond donors (Lipinski definition) is 0. The lowest BCUT2D eigenvalue weighted by molar-refractivity contribution is 0.0450. The van der Waals surface area contributed by atoms with E-state index in [0.29, 0.717) is 11.5 Å². The summed E-state index contributed by atoms with van der Waals surface area (Å²) in [7, 11) is -2.87. The summed E-state index contributed by atoms with van der Waals surface area (Å²) in [5.41, 5.74) is 1.37. The van der Waals surface area contributed by atoms with Crippen LogP contribution in [0.1, 0.15) is 25.3 Å². The quantitative estimate of drug-likeness (QED) is 0.794. The Morgan fingerprint density at radius 1 is 1.00 bits per heavy atom. The van der Waals surface area contributed by atoms with Gasteiger partial charge in [-0.1, -0.05) is 37.3 Å². The van der Waals surface area contributed by atoms with E-state index in [0.717, 1.165) is 45.4 Å². The molecule has 0 unspecified atom stereocenters. The van der Waals surface area contributed by atoms with Crippen LogP contribution in [0.15, 0.2) is 30.3 Å². The first-order valence-corrected chi connectivity index (χ1v) is 10.6. The van der Waals surface area contributed by atoms with Crippen LogP contribution in [-0.4, -0.2) is 68.0 Å². The van der Waals surface area contributed by atoms with Crippen molar-refractivity contribution in [1.29, 1.82) is 0 Å². The standard InChI is InChI=1S/C18H28N2O2S/c1-2-10-19-12-13-20(18-15-23(21,22)14-17(18)19)11-6-9-16-7-4-3-5-8-16/h3-5,7-8,17-18H,2,6,9-15H2,1H3/t17-,18+/m1/s1. The molecule has 2 heterocycles. The number of sulfone groups is 1. The lowest BCUT2D eigenvalue weighted by Gasteiger charge is -2.44. The van der Waals surface area contributed by atoms with Gasteiger partial charge in [0.1, 0.15) is 0 Å². The van der Waals surface area contributed by atoms with Gasteiger partial charge in [0.15, 0.2) is 9.84 Å². The molecule has 2 saturated heterocycles. The van der Waals surface area contributed by atoms with Crippen molar-refractivity contribution in [3.63, 3.8) is 0 Å². The molecule has 1 aromatic rings. The summed E-state index contributed by atoms with van der Waals surface area (Å²) >= 11 is 0. The maximum absolute atomic E-state index is 12.1. The zero-order valence-electron chi connectivity index (χ0n) is 14.0. The molecule has 0 amide bonds. The van der Waals surface area contributed by atoms with Crippen LogP contribution in [0, 0.1) is 0 Å². The Labute approximate surface area is 140 Å². The summed E-state index contributed by atoms with van der Waals surface area (Å²) in [5.74, 6) is 0.704. The molecule has 23 heavy (non-hydrogen) atoms. The third-order valence-corrected chi connectivity index (χ3v) is 6.87. The van der Waals surface area contributed by atoms with E-state index < -0.39 is 9.84 Å². The van der Waals surface area contributed by atoms with Gasteiger partial charge in [0, 0.05) is 25.2 Å². The summed E-state index contributed by atoms with van der Waals surface area (Å²) in [6, 6.07) is 11.0. The molecular weight excluding hydrogens is 308 g/mol. The zero-order valence-corrected chi connectivity index (χ0v) is 14.8. The highest BCUT2D eigenvalue weighted by atomic mass is 32.2. The smallest absolute Gasteiger partial charge is 0.153 e. The van der Waals surface area contributed by atoms with E-state index in [1.165, 1.54) is 5.56 Å². The highest BCUT2D eigenvalue weighted by Gasteiger charge is 2.45. The zero-order chi connectivity index (χ0) is 16.3. The van der Waals surface area contributed by atoms with Gasteiger partial charge in [0.25, 0.3) is 0 Å². The van der Waals surface area contributed by atoms with Gasteiger partial charge >= 0.3 is 0 Å². The van der Waals surface area contributed by atoms with Gasteiger partial charge in [0.05, 0.1) is 11.5 Å². The largest absolute Gasteiger partial charge is 0.297 e. The molecular formula is C18H28N2O2S. The van der Waals surface area contributed by atoms with Crippen LogP contribution in [0.4, 0.5) is 0 Å². The van der Waals surface area contributed by atoms with Crippen molar-refractivity contribution in [2.75, 3.05) is 37.7 Å². The van der Waals surface area contributed by atoms with Crippen LogP contribution in [-0.2, 0) is 16.3 Å². The van der Waals surface area contributed by atoms with Gasteiger partial charge in [-0.15, -0.1) is 0 Å². The second-order valence-corrected chi connectivity index (χ2v) is 9.03. The van der Waals surface area contributed by atoms with E-state index in [1.54, 1.807) is 0 Å². The first-order valence-electron chi connectivity index (χ1n) is 8.81.